The molecule has 0 aromatic heterocycles. The topological polar surface area (TPSA) is 162 Å². The zero-order valence-electron chi connectivity index (χ0n) is 18.0. The van der Waals surface area contributed by atoms with E-state index in [0.717, 1.165) is 18.4 Å². The highest BCUT2D eigenvalue weighted by Gasteiger charge is 2.09. The quantitative estimate of drug-likeness (QED) is 0.402. The smallest absolute Gasteiger partial charge is 0.320 e. The van der Waals surface area contributed by atoms with Gasteiger partial charge in [0.25, 0.3) is 0 Å². The second-order valence-electron chi connectivity index (χ2n) is 7.31. The monoisotopic (exact) mass is 422 g/mol. The van der Waals surface area contributed by atoms with Crippen LogP contribution in [-0.4, -0.2) is 41.9 Å². The molecular weight excluding hydrogens is 384 g/mol. The molecule has 1 aromatic carbocycles. The summed E-state index contributed by atoms with van der Waals surface area (Å²) >= 11 is 0. The standard InChI is InChI=1S/C11H13NO2.C6H13N.C5H12N2O2/c1-2-3-11(14)12-10-6-4-9(8-13)5-7-10;7-6-4-2-1-3-5-6;6-3-1-2-4(7)5(8)9/h4-8H,2-3H2,1H3,(H,12,14);6H,1-5,7H2;4H,1-3,6-7H2,(H,8,9). The third-order valence-corrected chi connectivity index (χ3v) is 4.49. The Balaban J connectivity index is 0.000000452. The molecule has 170 valence electrons. The zero-order chi connectivity index (χ0) is 22.8. The molecule has 0 heterocycles. The Morgan fingerprint density at radius 2 is 1.80 bits per heavy atom. The highest BCUT2D eigenvalue weighted by Crippen LogP contribution is 2.14. The number of anilines is 1. The zero-order valence-corrected chi connectivity index (χ0v) is 18.0. The molecule has 8 heteroatoms. The second kappa shape index (κ2) is 17.6. The molecule has 2 rings (SSSR count). The molecule has 1 unspecified atom stereocenters. The molecule has 1 aliphatic carbocycles. The maximum absolute atomic E-state index is 11.2. The minimum absolute atomic E-state index is 0.00588. The van der Waals surface area contributed by atoms with Gasteiger partial charge in [-0.05, 0) is 62.9 Å². The van der Waals surface area contributed by atoms with Gasteiger partial charge in [0.2, 0.25) is 5.91 Å². The molecule has 30 heavy (non-hydrogen) atoms. The first-order chi connectivity index (χ1) is 14.3. The summed E-state index contributed by atoms with van der Waals surface area (Å²) in [4.78, 5) is 31.6. The maximum Gasteiger partial charge on any atom is 0.320 e. The molecule has 1 aromatic rings. The van der Waals surface area contributed by atoms with Crippen molar-refractivity contribution in [2.45, 2.75) is 76.8 Å². The number of aliphatic carboxylic acids is 1. The van der Waals surface area contributed by atoms with Crippen LogP contribution in [0.4, 0.5) is 5.69 Å². The van der Waals surface area contributed by atoms with Gasteiger partial charge in [-0.25, -0.2) is 0 Å². The maximum atomic E-state index is 11.2. The van der Waals surface area contributed by atoms with Crippen molar-refractivity contribution in [2.75, 3.05) is 11.9 Å². The summed E-state index contributed by atoms with van der Waals surface area (Å²) in [5, 5.41) is 11.0. The average Bonchev–Trinajstić information content (AvgIpc) is 2.74. The van der Waals surface area contributed by atoms with Crippen molar-refractivity contribution in [1.29, 1.82) is 0 Å². The first-order valence-electron chi connectivity index (χ1n) is 10.6. The molecule has 8 N–H and O–H groups in total. The Hall–Kier alpha value is -2.29. The summed E-state index contributed by atoms with van der Waals surface area (Å²) in [5.74, 6) is -0.949. The van der Waals surface area contributed by atoms with E-state index in [4.69, 9.17) is 22.3 Å². The molecule has 1 aliphatic rings. The molecule has 0 saturated heterocycles. The van der Waals surface area contributed by atoms with Crippen LogP contribution in [0.25, 0.3) is 0 Å². The lowest BCUT2D eigenvalue weighted by molar-refractivity contribution is -0.138. The van der Waals surface area contributed by atoms with Gasteiger partial charge in [-0.2, -0.15) is 0 Å². The predicted molar refractivity (Wildman–Crippen MR) is 120 cm³/mol. The van der Waals surface area contributed by atoms with Gasteiger partial charge in [0.05, 0.1) is 0 Å². The number of carbonyl (C=O) groups excluding carboxylic acids is 2. The van der Waals surface area contributed by atoms with E-state index in [1.165, 1.54) is 32.1 Å². The Bertz CT molecular complexity index is 602. The number of carbonyl (C=O) groups is 3. The molecular formula is C22H38N4O4. The second-order valence-corrected chi connectivity index (χ2v) is 7.31. The van der Waals surface area contributed by atoms with E-state index in [1.54, 1.807) is 24.3 Å². The summed E-state index contributed by atoms with van der Waals surface area (Å²) in [6, 6.07) is 6.58. The van der Waals surface area contributed by atoms with Gasteiger partial charge in [-0.3, -0.25) is 14.4 Å². The number of nitrogens with one attached hydrogen (secondary N) is 1. The van der Waals surface area contributed by atoms with Crippen molar-refractivity contribution < 1.29 is 19.5 Å². The Kier molecular flexibility index (Phi) is 16.2. The van der Waals surface area contributed by atoms with Crippen molar-refractivity contribution in [3.63, 3.8) is 0 Å². The SMILES string of the molecule is CCCC(=O)Nc1ccc(C=O)cc1.NC1CCCCC1.NCCCC(N)C(=O)O. The highest BCUT2D eigenvalue weighted by molar-refractivity contribution is 5.91. The van der Waals surface area contributed by atoms with Crippen molar-refractivity contribution in [3.05, 3.63) is 29.8 Å². The first-order valence-corrected chi connectivity index (χ1v) is 10.6. The lowest BCUT2D eigenvalue weighted by atomic mass is 9.97. The minimum Gasteiger partial charge on any atom is -0.480 e. The largest absolute Gasteiger partial charge is 0.480 e. The van der Waals surface area contributed by atoms with E-state index in [9.17, 15) is 14.4 Å². The number of carboxylic acids is 1. The van der Waals surface area contributed by atoms with Crippen LogP contribution in [0.3, 0.4) is 0 Å². The Morgan fingerprint density at radius 3 is 2.20 bits per heavy atom. The number of carboxylic acid groups (broad SMARTS) is 1. The fourth-order valence-corrected chi connectivity index (χ4v) is 2.69. The molecule has 1 atom stereocenters. The molecule has 1 amide bonds. The van der Waals surface area contributed by atoms with Gasteiger partial charge in [-0.1, -0.05) is 26.2 Å². The van der Waals surface area contributed by atoms with Crippen LogP contribution in [0.5, 0.6) is 0 Å². The highest BCUT2D eigenvalue weighted by atomic mass is 16.4. The van der Waals surface area contributed by atoms with Crippen LogP contribution in [0.2, 0.25) is 0 Å². The van der Waals surface area contributed by atoms with Crippen molar-refractivity contribution in [2.24, 2.45) is 17.2 Å². The van der Waals surface area contributed by atoms with Gasteiger partial charge in [0, 0.05) is 23.7 Å². The average molecular weight is 423 g/mol. The van der Waals surface area contributed by atoms with E-state index < -0.39 is 12.0 Å². The van der Waals surface area contributed by atoms with Gasteiger partial charge < -0.3 is 27.6 Å². The van der Waals surface area contributed by atoms with E-state index in [1.807, 2.05) is 6.92 Å². The summed E-state index contributed by atoms with van der Waals surface area (Å²) in [6.45, 7) is 2.45. The molecule has 0 aliphatic heterocycles. The van der Waals surface area contributed by atoms with Gasteiger partial charge in [0.15, 0.2) is 0 Å². The molecule has 1 saturated carbocycles. The lowest BCUT2D eigenvalue weighted by Crippen LogP contribution is -2.30. The Labute approximate surface area is 179 Å². The van der Waals surface area contributed by atoms with Crippen LogP contribution < -0.4 is 22.5 Å². The molecule has 0 spiro atoms. The van der Waals surface area contributed by atoms with E-state index in [0.29, 0.717) is 37.4 Å². The Morgan fingerprint density at radius 1 is 1.20 bits per heavy atom. The van der Waals surface area contributed by atoms with Crippen molar-refractivity contribution in [1.82, 2.24) is 0 Å². The van der Waals surface area contributed by atoms with Gasteiger partial charge >= 0.3 is 5.97 Å². The number of aldehydes is 1. The lowest BCUT2D eigenvalue weighted by Gasteiger charge is -2.15. The van der Waals surface area contributed by atoms with E-state index >= 15 is 0 Å². The van der Waals surface area contributed by atoms with Crippen LogP contribution in [0.15, 0.2) is 24.3 Å². The normalized spacial score (nSPS) is 14.3. The first kappa shape index (κ1) is 27.7. The number of amides is 1. The van der Waals surface area contributed by atoms with Crippen LogP contribution >= 0.6 is 0 Å². The fourth-order valence-electron chi connectivity index (χ4n) is 2.69. The molecule has 0 bridgehead atoms. The minimum atomic E-state index is -0.955. The summed E-state index contributed by atoms with van der Waals surface area (Å²) < 4.78 is 0. The third kappa shape index (κ3) is 14.7. The van der Waals surface area contributed by atoms with Crippen molar-refractivity contribution in [3.8, 4) is 0 Å². The van der Waals surface area contributed by atoms with Gasteiger partial charge in [0.1, 0.15) is 12.3 Å². The molecule has 0 radical (unpaired) electrons. The van der Waals surface area contributed by atoms with Crippen LogP contribution in [0.1, 0.15) is 75.1 Å². The van der Waals surface area contributed by atoms with E-state index in [-0.39, 0.29) is 5.91 Å². The number of rotatable bonds is 8. The summed E-state index contributed by atoms with van der Waals surface area (Å²) in [7, 11) is 0. The predicted octanol–water partition coefficient (Wildman–Crippen LogP) is 2.65. The van der Waals surface area contributed by atoms with E-state index in [2.05, 4.69) is 5.32 Å². The number of hydrogen-bond acceptors (Lipinski definition) is 6. The van der Waals surface area contributed by atoms with Crippen molar-refractivity contribution >= 4 is 23.9 Å². The summed E-state index contributed by atoms with van der Waals surface area (Å²) in [5.41, 5.74) is 17.3. The van der Waals surface area contributed by atoms with Crippen LogP contribution in [0, 0.1) is 0 Å². The van der Waals surface area contributed by atoms with Gasteiger partial charge in [-0.15, -0.1) is 0 Å². The molecule has 1 fully saturated rings. The summed E-state index contributed by atoms with van der Waals surface area (Å²) in [6.07, 6.45) is 9.93. The number of nitrogens with two attached hydrogens (primary N) is 3. The fraction of sp³-hybridized carbons (Fsp3) is 0.591. The van der Waals surface area contributed by atoms with Crippen LogP contribution in [-0.2, 0) is 9.59 Å². The number of hydrogen-bond donors (Lipinski definition) is 5. The third-order valence-electron chi connectivity index (χ3n) is 4.49. The molecule has 8 nitrogen and oxygen atoms in total. The number of benzene rings is 1.